The lowest BCUT2D eigenvalue weighted by Gasteiger charge is -2.10. The second kappa shape index (κ2) is 5.78. The van der Waals surface area contributed by atoms with Crippen LogP contribution < -0.4 is 15.2 Å². The predicted molar refractivity (Wildman–Crippen MR) is 73.3 cm³/mol. The zero-order chi connectivity index (χ0) is 13.7. The van der Waals surface area contributed by atoms with Crippen LogP contribution in [0.2, 0.25) is 0 Å². The molecule has 2 aromatic carbocycles. The van der Waals surface area contributed by atoms with Crippen LogP contribution in [0.15, 0.2) is 42.5 Å². The van der Waals surface area contributed by atoms with Gasteiger partial charge in [-0.25, -0.2) is 0 Å². The number of hydrogen-bond acceptors (Lipinski definition) is 4. The molecule has 0 bridgehead atoms. The fourth-order valence-electron chi connectivity index (χ4n) is 1.59. The average molecular weight is 254 g/mol. The summed E-state index contributed by atoms with van der Waals surface area (Å²) in [4.78, 5) is 0. The van der Waals surface area contributed by atoms with Gasteiger partial charge in [-0.1, -0.05) is 0 Å². The topological polar surface area (TPSA) is 68.3 Å². The Morgan fingerprint density at radius 3 is 2.42 bits per heavy atom. The summed E-state index contributed by atoms with van der Waals surface area (Å²) in [6, 6.07) is 14.2. The van der Waals surface area contributed by atoms with E-state index in [4.69, 9.17) is 20.5 Å². The Bertz CT molecular complexity index is 601. The summed E-state index contributed by atoms with van der Waals surface area (Å²) >= 11 is 0. The Kier molecular flexibility index (Phi) is 3.89. The van der Waals surface area contributed by atoms with E-state index in [0.717, 1.165) is 0 Å². The third-order valence-electron chi connectivity index (χ3n) is 2.50. The van der Waals surface area contributed by atoms with Gasteiger partial charge in [0.05, 0.1) is 23.9 Å². The molecule has 2 N–H and O–H groups in total. The van der Waals surface area contributed by atoms with E-state index in [1.807, 2.05) is 6.92 Å². The summed E-state index contributed by atoms with van der Waals surface area (Å²) in [5.41, 5.74) is 6.96. The molecule has 0 fully saturated rings. The van der Waals surface area contributed by atoms with Crippen LogP contribution in [-0.4, -0.2) is 6.61 Å². The molecule has 2 aromatic rings. The van der Waals surface area contributed by atoms with Gasteiger partial charge in [0.2, 0.25) is 0 Å². The fourth-order valence-corrected chi connectivity index (χ4v) is 1.59. The molecule has 0 spiro atoms. The molecule has 2 rings (SSSR count). The number of anilines is 1. The highest BCUT2D eigenvalue weighted by molar-refractivity contribution is 5.56. The van der Waals surface area contributed by atoms with Crippen molar-refractivity contribution in [2.45, 2.75) is 6.92 Å². The number of nitrogen functional groups attached to an aromatic ring is 1. The van der Waals surface area contributed by atoms with Crippen LogP contribution in [0.1, 0.15) is 12.5 Å². The highest BCUT2D eigenvalue weighted by Crippen LogP contribution is 2.30. The van der Waals surface area contributed by atoms with Crippen LogP contribution in [0.4, 0.5) is 5.69 Å². The SMILES string of the molecule is CCOc1cc(Oc2ccc(C#N)cc2)ccc1N. The maximum absolute atomic E-state index is 8.72. The van der Waals surface area contributed by atoms with Crippen molar-refractivity contribution in [1.29, 1.82) is 5.26 Å². The van der Waals surface area contributed by atoms with Crippen LogP contribution in [0.5, 0.6) is 17.2 Å². The maximum atomic E-state index is 8.72. The quantitative estimate of drug-likeness (QED) is 0.850. The van der Waals surface area contributed by atoms with E-state index >= 15 is 0 Å². The Hall–Kier alpha value is -2.67. The Balaban J connectivity index is 2.18. The number of ether oxygens (including phenoxy) is 2. The number of nitriles is 1. The molecule has 0 aromatic heterocycles. The van der Waals surface area contributed by atoms with E-state index in [2.05, 4.69) is 6.07 Å². The average Bonchev–Trinajstić information content (AvgIpc) is 2.44. The molecule has 0 radical (unpaired) electrons. The lowest BCUT2D eigenvalue weighted by Crippen LogP contribution is -1.97. The molecule has 4 heteroatoms. The summed E-state index contributed by atoms with van der Waals surface area (Å²) in [5, 5.41) is 8.72. The summed E-state index contributed by atoms with van der Waals surface area (Å²) < 4.78 is 11.1. The van der Waals surface area contributed by atoms with Crippen molar-refractivity contribution in [3.8, 4) is 23.3 Å². The Morgan fingerprint density at radius 1 is 1.11 bits per heavy atom. The standard InChI is InChI=1S/C15H14N2O2/c1-2-18-15-9-13(7-8-14(15)17)19-12-5-3-11(10-16)4-6-12/h3-9H,2,17H2,1H3. The third kappa shape index (κ3) is 3.17. The van der Waals surface area contributed by atoms with Crippen molar-refractivity contribution in [2.75, 3.05) is 12.3 Å². The number of rotatable bonds is 4. The molecular weight excluding hydrogens is 240 g/mol. The molecule has 0 unspecified atom stereocenters. The number of nitrogens with zero attached hydrogens (tertiary/aromatic N) is 1. The van der Waals surface area contributed by atoms with Gasteiger partial charge in [0.25, 0.3) is 0 Å². The first kappa shape index (κ1) is 12.8. The first-order chi connectivity index (χ1) is 9.22. The second-order valence-corrected chi connectivity index (χ2v) is 3.87. The van der Waals surface area contributed by atoms with Crippen molar-refractivity contribution in [2.24, 2.45) is 0 Å². The highest BCUT2D eigenvalue weighted by Gasteiger charge is 2.04. The first-order valence-electron chi connectivity index (χ1n) is 5.93. The van der Waals surface area contributed by atoms with Crippen molar-refractivity contribution >= 4 is 5.69 Å². The zero-order valence-corrected chi connectivity index (χ0v) is 10.6. The fraction of sp³-hybridized carbons (Fsp3) is 0.133. The monoisotopic (exact) mass is 254 g/mol. The summed E-state index contributed by atoms with van der Waals surface area (Å²) in [7, 11) is 0. The van der Waals surface area contributed by atoms with Crippen molar-refractivity contribution in [3.05, 3.63) is 48.0 Å². The van der Waals surface area contributed by atoms with E-state index in [0.29, 0.717) is 35.1 Å². The van der Waals surface area contributed by atoms with Crippen LogP contribution in [0.25, 0.3) is 0 Å². The van der Waals surface area contributed by atoms with Gasteiger partial charge >= 0.3 is 0 Å². The van der Waals surface area contributed by atoms with E-state index in [-0.39, 0.29) is 0 Å². The molecular formula is C15H14N2O2. The van der Waals surface area contributed by atoms with Gasteiger partial charge in [-0.3, -0.25) is 0 Å². The van der Waals surface area contributed by atoms with Crippen molar-refractivity contribution in [1.82, 2.24) is 0 Å². The molecule has 0 heterocycles. The van der Waals surface area contributed by atoms with Gasteiger partial charge in [-0.15, -0.1) is 0 Å². The van der Waals surface area contributed by atoms with Crippen LogP contribution in [0, 0.1) is 11.3 Å². The molecule has 4 nitrogen and oxygen atoms in total. The molecule has 0 saturated heterocycles. The lowest BCUT2D eigenvalue weighted by atomic mass is 10.2. The largest absolute Gasteiger partial charge is 0.492 e. The van der Waals surface area contributed by atoms with Crippen molar-refractivity contribution in [3.63, 3.8) is 0 Å². The van der Waals surface area contributed by atoms with Crippen molar-refractivity contribution < 1.29 is 9.47 Å². The van der Waals surface area contributed by atoms with Crippen LogP contribution >= 0.6 is 0 Å². The smallest absolute Gasteiger partial charge is 0.145 e. The molecule has 0 aliphatic rings. The van der Waals surface area contributed by atoms with E-state index < -0.39 is 0 Å². The minimum absolute atomic E-state index is 0.546. The number of nitrogens with two attached hydrogens (primary N) is 1. The lowest BCUT2D eigenvalue weighted by molar-refractivity contribution is 0.340. The van der Waals surface area contributed by atoms with E-state index in [9.17, 15) is 0 Å². The van der Waals surface area contributed by atoms with E-state index in [1.54, 1.807) is 42.5 Å². The molecule has 0 saturated carbocycles. The van der Waals surface area contributed by atoms with Gasteiger partial charge in [0, 0.05) is 6.07 Å². The zero-order valence-electron chi connectivity index (χ0n) is 10.6. The molecule has 19 heavy (non-hydrogen) atoms. The van der Waals surface area contributed by atoms with Gasteiger partial charge in [-0.05, 0) is 43.3 Å². The summed E-state index contributed by atoms with van der Waals surface area (Å²) in [6.45, 7) is 2.44. The van der Waals surface area contributed by atoms with Crippen LogP contribution in [0.3, 0.4) is 0 Å². The minimum atomic E-state index is 0.546. The highest BCUT2D eigenvalue weighted by atomic mass is 16.5. The van der Waals surface area contributed by atoms with Gasteiger partial charge in [0.15, 0.2) is 0 Å². The number of benzene rings is 2. The molecule has 0 aliphatic heterocycles. The minimum Gasteiger partial charge on any atom is -0.492 e. The predicted octanol–water partition coefficient (Wildman–Crippen LogP) is 3.33. The number of hydrogen-bond donors (Lipinski definition) is 1. The van der Waals surface area contributed by atoms with Crippen LogP contribution in [-0.2, 0) is 0 Å². The normalized spacial score (nSPS) is 9.68. The molecule has 0 atom stereocenters. The van der Waals surface area contributed by atoms with Gasteiger partial charge in [0.1, 0.15) is 17.2 Å². The van der Waals surface area contributed by atoms with E-state index in [1.165, 1.54) is 0 Å². The maximum Gasteiger partial charge on any atom is 0.145 e. The summed E-state index contributed by atoms with van der Waals surface area (Å²) in [5.74, 6) is 1.90. The third-order valence-corrected chi connectivity index (χ3v) is 2.50. The second-order valence-electron chi connectivity index (χ2n) is 3.87. The summed E-state index contributed by atoms with van der Waals surface area (Å²) in [6.07, 6.45) is 0. The Morgan fingerprint density at radius 2 is 1.79 bits per heavy atom. The Labute approximate surface area is 112 Å². The molecule has 96 valence electrons. The van der Waals surface area contributed by atoms with Gasteiger partial charge < -0.3 is 15.2 Å². The van der Waals surface area contributed by atoms with Gasteiger partial charge in [-0.2, -0.15) is 5.26 Å². The molecule has 0 amide bonds. The molecule has 0 aliphatic carbocycles. The first-order valence-corrected chi connectivity index (χ1v) is 5.93.